The molecule has 4 N–H and O–H groups in total. The second kappa shape index (κ2) is 5.45. The Morgan fingerprint density at radius 1 is 1.19 bits per heavy atom. The maximum absolute atomic E-state index is 12.0. The number of nitrogens with zero attached hydrogens (tertiary/aromatic N) is 4. The summed E-state index contributed by atoms with van der Waals surface area (Å²) in [6, 6.07) is 9.45. The van der Waals surface area contributed by atoms with Gasteiger partial charge in [-0.3, -0.25) is 9.69 Å². The van der Waals surface area contributed by atoms with Crippen molar-refractivity contribution in [2.45, 2.75) is 6.42 Å². The Hall–Kier alpha value is -2.54. The van der Waals surface area contributed by atoms with Crippen molar-refractivity contribution in [2.75, 3.05) is 23.7 Å². The Labute approximate surface area is 122 Å². The third-order valence-corrected chi connectivity index (χ3v) is 3.45. The molecule has 2 heterocycles. The molecule has 21 heavy (non-hydrogen) atoms. The first-order valence-electron chi connectivity index (χ1n) is 6.75. The molecule has 0 spiro atoms. The monoisotopic (exact) mass is 284 g/mol. The lowest BCUT2D eigenvalue weighted by molar-refractivity contribution is -0.117. The largest absolute Gasteiger partial charge is 0.368 e. The molecule has 1 amide bonds. The molecule has 1 aliphatic heterocycles. The molecular formula is C14H16N6O. The first-order valence-corrected chi connectivity index (χ1v) is 6.75. The number of nitrogen functional groups attached to an aromatic ring is 1. The number of amides is 1. The zero-order valence-corrected chi connectivity index (χ0v) is 11.4. The van der Waals surface area contributed by atoms with Crippen molar-refractivity contribution in [3.63, 3.8) is 0 Å². The van der Waals surface area contributed by atoms with Gasteiger partial charge < -0.3 is 11.5 Å². The van der Waals surface area contributed by atoms with Gasteiger partial charge in [0, 0.05) is 18.5 Å². The lowest BCUT2D eigenvalue weighted by Gasteiger charge is -2.15. The highest BCUT2D eigenvalue weighted by molar-refractivity contribution is 5.94. The van der Waals surface area contributed by atoms with Gasteiger partial charge in [-0.05, 0) is 12.5 Å². The number of hydrogen-bond donors (Lipinski definition) is 2. The molecule has 3 rings (SSSR count). The fraction of sp³-hybridized carbons (Fsp3) is 0.286. The second-order valence-corrected chi connectivity index (χ2v) is 4.99. The van der Waals surface area contributed by atoms with Gasteiger partial charge in [-0.2, -0.15) is 15.0 Å². The third kappa shape index (κ3) is 2.68. The van der Waals surface area contributed by atoms with E-state index in [1.165, 1.54) is 4.90 Å². The van der Waals surface area contributed by atoms with E-state index in [4.69, 9.17) is 11.5 Å². The zero-order chi connectivity index (χ0) is 14.8. The predicted octanol–water partition coefficient (Wildman–Crippen LogP) is 0.432. The predicted molar refractivity (Wildman–Crippen MR) is 79.2 cm³/mol. The van der Waals surface area contributed by atoms with Crippen LogP contribution in [0, 0.1) is 5.92 Å². The summed E-state index contributed by atoms with van der Waals surface area (Å²) in [5.74, 6) is 0.956. The summed E-state index contributed by atoms with van der Waals surface area (Å²) in [4.78, 5) is 26.1. The standard InChI is InChI=1S/C14H16N6O/c15-7-9-6-11(21)20(8-9)14-18-12(17-13(16)19-14)10-4-2-1-3-5-10/h1-5,9H,6-8,15H2,(H2,16,17,18,19). The summed E-state index contributed by atoms with van der Waals surface area (Å²) >= 11 is 0. The molecule has 0 radical (unpaired) electrons. The molecule has 1 unspecified atom stereocenters. The fourth-order valence-corrected chi connectivity index (χ4v) is 2.35. The fourth-order valence-electron chi connectivity index (χ4n) is 2.35. The summed E-state index contributed by atoms with van der Waals surface area (Å²) in [5, 5.41) is 0. The molecule has 108 valence electrons. The molecule has 1 saturated heterocycles. The van der Waals surface area contributed by atoms with Gasteiger partial charge in [0.2, 0.25) is 17.8 Å². The van der Waals surface area contributed by atoms with Crippen molar-refractivity contribution in [1.82, 2.24) is 15.0 Å². The van der Waals surface area contributed by atoms with E-state index < -0.39 is 0 Å². The van der Waals surface area contributed by atoms with Gasteiger partial charge in [0.25, 0.3) is 0 Å². The number of carbonyl (C=O) groups is 1. The van der Waals surface area contributed by atoms with E-state index in [0.717, 1.165) is 5.56 Å². The minimum absolute atomic E-state index is 0.0324. The Kier molecular flexibility index (Phi) is 3.49. The van der Waals surface area contributed by atoms with E-state index in [0.29, 0.717) is 31.3 Å². The highest BCUT2D eigenvalue weighted by Gasteiger charge is 2.31. The summed E-state index contributed by atoms with van der Waals surface area (Å²) in [5.41, 5.74) is 12.2. The smallest absolute Gasteiger partial charge is 0.237 e. The molecule has 7 heteroatoms. The van der Waals surface area contributed by atoms with Crippen molar-refractivity contribution in [2.24, 2.45) is 11.7 Å². The Balaban J connectivity index is 1.97. The van der Waals surface area contributed by atoms with Gasteiger partial charge in [-0.15, -0.1) is 0 Å². The number of aromatic nitrogens is 3. The van der Waals surface area contributed by atoms with Crippen LogP contribution in [-0.4, -0.2) is 33.9 Å². The van der Waals surface area contributed by atoms with Gasteiger partial charge in [0.1, 0.15) is 0 Å². The normalized spacial score (nSPS) is 18.2. The average molecular weight is 284 g/mol. The third-order valence-electron chi connectivity index (χ3n) is 3.45. The highest BCUT2D eigenvalue weighted by atomic mass is 16.2. The molecule has 0 bridgehead atoms. The van der Waals surface area contributed by atoms with Crippen LogP contribution in [0.4, 0.5) is 11.9 Å². The second-order valence-electron chi connectivity index (χ2n) is 4.99. The molecule has 0 saturated carbocycles. The molecule has 1 aromatic heterocycles. The van der Waals surface area contributed by atoms with Crippen LogP contribution in [0.25, 0.3) is 11.4 Å². The van der Waals surface area contributed by atoms with E-state index in [1.807, 2.05) is 30.3 Å². The van der Waals surface area contributed by atoms with Crippen molar-refractivity contribution >= 4 is 17.8 Å². The summed E-state index contributed by atoms with van der Waals surface area (Å²) in [7, 11) is 0. The van der Waals surface area contributed by atoms with Crippen LogP contribution in [0.5, 0.6) is 0 Å². The summed E-state index contributed by atoms with van der Waals surface area (Å²) < 4.78 is 0. The maximum Gasteiger partial charge on any atom is 0.237 e. The van der Waals surface area contributed by atoms with Crippen LogP contribution in [-0.2, 0) is 4.79 Å². The highest BCUT2D eigenvalue weighted by Crippen LogP contribution is 2.24. The van der Waals surface area contributed by atoms with Crippen LogP contribution in [0.2, 0.25) is 0 Å². The van der Waals surface area contributed by atoms with Crippen molar-refractivity contribution in [3.05, 3.63) is 30.3 Å². The van der Waals surface area contributed by atoms with Crippen molar-refractivity contribution in [3.8, 4) is 11.4 Å². The molecule has 1 aliphatic rings. The van der Waals surface area contributed by atoms with Crippen LogP contribution in [0.3, 0.4) is 0 Å². The summed E-state index contributed by atoms with van der Waals surface area (Å²) in [6.07, 6.45) is 0.419. The van der Waals surface area contributed by atoms with Crippen LogP contribution in [0.15, 0.2) is 30.3 Å². The SMILES string of the molecule is NCC1CC(=O)N(c2nc(N)nc(-c3ccccc3)n2)C1. The van der Waals surface area contributed by atoms with Crippen molar-refractivity contribution in [1.29, 1.82) is 0 Å². The topological polar surface area (TPSA) is 111 Å². The first-order chi connectivity index (χ1) is 10.2. The molecule has 2 aromatic rings. The maximum atomic E-state index is 12.0. The van der Waals surface area contributed by atoms with Gasteiger partial charge in [-0.25, -0.2) is 0 Å². The molecule has 1 atom stereocenters. The van der Waals surface area contributed by atoms with Crippen LogP contribution >= 0.6 is 0 Å². The van der Waals surface area contributed by atoms with Gasteiger partial charge in [0.15, 0.2) is 5.82 Å². The molecular weight excluding hydrogens is 268 g/mol. The van der Waals surface area contributed by atoms with E-state index in [2.05, 4.69) is 15.0 Å². The number of benzene rings is 1. The van der Waals surface area contributed by atoms with E-state index in [-0.39, 0.29) is 17.8 Å². The lowest BCUT2D eigenvalue weighted by atomic mass is 10.1. The van der Waals surface area contributed by atoms with Crippen LogP contribution in [0.1, 0.15) is 6.42 Å². The van der Waals surface area contributed by atoms with Gasteiger partial charge >= 0.3 is 0 Å². The molecule has 0 aliphatic carbocycles. The van der Waals surface area contributed by atoms with Crippen molar-refractivity contribution < 1.29 is 4.79 Å². The van der Waals surface area contributed by atoms with E-state index in [1.54, 1.807) is 0 Å². The quantitative estimate of drug-likeness (QED) is 0.845. The van der Waals surface area contributed by atoms with Crippen LogP contribution < -0.4 is 16.4 Å². The summed E-state index contributed by atoms with van der Waals surface area (Å²) in [6.45, 7) is 0.987. The number of rotatable bonds is 3. The Morgan fingerprint density at radius 2 is 1.95 bits per heavy atom. The number of anilines is 2. The van der Waals surface area contributed by atoms with E-state index in [9.17, 15) is 4.79 Å². The minimum atomic E-state index is -0.0324. The minimum Gasteiger partial charge on any atom is -0.368 e. The molecule has 1 fully saturated rings. The van der Waals surface area contributed by atoms with Gasteiger partial charge in [-0.1, -0.05) is 30.3 Å². The van der Waals surface area contributed by atoms with Gasteiger partial charge in [0.05, 0.1) is 0 Å². The first kappa shape index (κ1) is 13.4. The van der Waals surface area contributed by atoms with E-state index >= 15 is 0 Å². The lowest BCUT2D eigenvalue weighted by Crippen LogP contribution is -2.28. The molecule has 7 nitrogen and oxygen atoms in total. The number of carbonyl (C=O) groups excluding carboxylic acids is 1. The Morgan fingerprint density at radius 3 is 2.62 bits per heavy atom. The number of nitrogens with two attached hydrogens (primary N) is 2. The number of hydrogen-bond acceptors (Lipinski definition) is 6. The molecule has 1 aromatic carbocycles. The zero-order valence-electron chi connectivity index (χ0n) is 11.4. The average Bonchev–Trinajstić information content (AvgIpc) is 2.89. The Bertz CT molecular complexity index is 660.